The number of pyridine rings is 1. The molecule has 0 spiro atoms. The van der Waals surface area contributed by atoms with Gasteiger partial charge in [0.1, 0.15) is 0 Å². The predicted molar refractivity (Wildman–Crippen MR) is 74.0 cm³/mol. The molecule has 4 nitrogen and oxygen atoms in total. The second kappa shape index (κ2) is 5.82. The van der Waals surface area contributed by atoms with Crippen molar-refractivity contribution in [3.63, 3.8) is 0 Å². The third-order valence-corrected chi connectivity index (χ3v) is 2.96. The molecule has 1 aromatic heterocycles. The number of benzene rings is 1. The van der Waals surface area contributed by atoms with Gasteiger partial charge in [-0.1, -0.05) is 41.4 Å². The van der Waals surface area contributed by atoms with Crippen molar-refractivity contribution >= 4 is 23.2 Å². The molecule has 2 rings (SSSR count). The highest BCUT2D eigenvalue weighted by molar-refractivity contribution is 6.32. The van der Waals surface area contributed by atoms with E-state index in [4.69, 9.17) is 11.6 Å². The number of anilines is 1. The van der Waals surface area contributed by atoms with E-state index in [1.807, 2.05) is 19.1 Å². The summed E-state index contributed by atoms with van der Waals surface area (Å²) >= 11 is 5.83. The minimum absolute atomic E-state index is 0.187. The number of rotatable bonds is 3. The number of hydrogen-bond acceptors (Lipinski definition) is 3. The normalized spacial score (nSPS) is 11.9. The van der Waals surface area contributed by atoms with Crippen LogP contribution in [0.5, 0.6) is 0 Å². The highest BCUT2D eigenvalue weighted by Gasteiger charge is 2.18. The Bertz CT molecular complexity index is 584. The van der Waals surface area contributed by atoms with Crippen molar-refractivity contribution in [2.75, 3.05) is 5.32 Å². The smallest absolute Gasteiger partial charge is 0.257 e. The van der Waals surface area contributed by atoms with Crippen LogP contribution in [0.2, 0.25) is 5.15 Å². The number of nitrogens with zero attached hydrogens (tertiary/aromatic N) is 1. The molecule has 0 radical (unpaired) electrons. The van der Waals surface area contributed by atoms with Crippen LogP contribution in [0.4, 0.5) is 5.69 Å². The number of amides is 1. The molecular formula is C14H13ClN2O2. The quantitative estimate of drug-likeness (QED) is 0.848. The second-order valence-electron chi connectivity index (χ2n) is 4.14. The Balaban J connectivity index is 2.12. The summed E-state index contributed by atoms with van der Waals surface area (Å²) in [5.74, 6) is -0.543. The molecule has 1 unspecified atom stereocenters. The summed E-state index contributed by atoms with van der Waals surface area (Å²) in [5.41, 5.74) is 1.97. The van der Waals surface area contributed by atoms with Gasteiger partial charge in [0.25, 0.3) is 5.91 Å². The minimum Gasteiger partial charge on any atom is -0.378 e. The Morgan fingerprint density at radius 1 is 1.32 bits per heavy atom. The number of halogens is 1. The van der Waals surface area contributed by atoms with E-state index in [0.29, 0.717) is 11.3 Å². The minimum atomic E-state index is -1.24. The van der Waals surface area contributed by atoms with E-state index in [2.05, 4.69) is 10.3 Å². The van der Waals surface area contributed by atoms with Crippen molar-refractivity contribution in [1.82, 2.24) is 4.98 Å². The maximum atomic E-state index is 11.9. The third kappa shape index (κ3) is 3.30. The number of hydrogen-bond donors (Lipinski definition) is 2. The first kappa shape index (κ1) is 13.5. The summed E-state index contributed by atoms with van der Waals surface area (Å²) in [6, 6.07) is 10.4. The second-order valence-corrected chi connectivity index (χ2v) is 4.50. The van der Waals surface area contributed by atoms with Crippen molar-refractivity contribution in [1.29, 1.82) is 0 Å². The zero-order valence-electron chi connectivity index (χ0n) is 10.3. The molecule has 1 atom stereocenters. The van der Waals surface area contributed by atoms with Crippen molar-refractivity contribution < 1.29 is 9.90 Å². The van der Waals surface area contributed by atoms with Gasteiger partial charge in [-0.25, -0.2) is 4.98 Å². The van der Waals surface area contributed by atoms with E-state index >= 15 is 0 Å². The highest BCUT2D eigenvalue weighted by Crippen LogP contribution is 2.20. The fourth-order valence-corrected chi connectivity index (χ4v) is 1.75. The monoisotopic (exact) mass is 276 g/mol. The molecule has 19 heavy (non-hydrogen) atoms. The van der Waals surface area contributed by atoms with Crippen molar-refractivity contribution in [3.05, 3.63) is 58.9 Å². The number of aryl methyl sites for hydroxylation is 1. The molecule has 1 amide bonds. The van der Waals surface area contributed by atoms with Crippen LogP contribution in [0.15, 0.2) is 42.6 Å². The summed E-state index contributed by atoms with van der Waals surface area (Å²) in [4.78, 5) is 15.7. The van der Waals surface area contributed by atoms with E-state index in [0.717, 1.165) is 5.56 Å². The molecule has 98 valence electrons. The van der Waals surface area contributed by atoms with Crippen LogP contribution in [-0.4, -0.2) is 16.0 Å². The number of carbonyl (C=O) groups is 1. The average Bonchev–Trinajstić information content (AvgIpc) is 2.41. The summed E-state index contributed by atoms with van der Waals surface area (Å²) in [6.07, 6.45) is 0.283. The molecule has 5 heteroatoms. The van der Waals surface area contributed by atoms with Crippen LogP contribution < -0.4 is 5.32 Å². The van der Waals surface area contributed by atoms with Gasteiger partial charge in [0.05, 0.1) is 5.69 Å². The largest absolute Gasteiger partial charge is 0.378 e. The first-order chi connectivity index (χ1) is 9.08. The zero-order valence-corrected chi connectivity index (χ0v) is 11.1. The van der Waals surface area contributed by atoms with Gasteiger partial charge < -0.3 is 10.4 Å². The van der Waals surface area contributed by atoms with Gasteiger partial charge in [-0.15, -0.1) is 0 Å². The first-order valence-corrected chi connectivity index (χ1v) is 6.12. The number of aromatic nitrogens is 1. The molecule has 0 aliphatic rings. The Morgan fingerprint density at radius 3 is 2.63 bits per heavy atom. The fourth-order valence-electron chi connectivity index (χ4n) is 1.58. The number of carbonyl (C=O) groups excluding carboxylic acids is 1. The van der Waals surface area contributed by atoms with Crippen LogP contribution in [0.1, 0.15) is 17.2 Å². The Morgan fingerprint density at radius 2 is 2.00 bits per heavy atom. The number of aliphatic hydroxyl groups excluding tert-OH is 1. The standard InChI is InChI=1S/C14H13ClN2O2/c1-9-4-6-10(7-5-9)12(18)14(19)17-11-3-2-8-16-13(11)15/h2-8,12,18H,1H3,(H,17,19). The molecule has 2 aromatic rings. The van der Waals surface area contributed by atoms with Crippen LogP contribution in [-0.2, 0) is 4.79 Å². The molecule has 0 saturated carbocycles. The predicted octanol–water partition coefficient (Wildman–Crippen LogP) is 2.72. The molecule has 1 aromatic carbocycles. The fraction of sp³-hybridized carbons (Fsp3) is 0.143. The van der Waals surface area contributed by atoms with Gasteiger partial charge in [0.15, 0.2) is 11.3 Å². The van der Waals surface area contributed by atoms with Gasteiger partial charge in [-0.3, -0.25) is 4.79 Å². The average molecular weight is 277 g/mol. The van der Waals surface area contributed by atoms with Crippen LogP contribution >= 0.6 is 11.6 Å². The van der Waals surface area contributed by atoms with Crippen molar-refractivity contribution in [2.45, 2.75) is 13.0 Å². The van der Waals surface area contributed by atoms with Crippen LogP contribution in [0.25, 0.3) is 0 Å². The first-order valence-electron chi connectivity index (χ1n) is 5.74. The highest BCUT2D eigenvalue weighted by atomic mass is 35.5. The van der Waals surface area contributed by atoms with Gasteiger partial charge in [-0.05, 0) is 24.6 Å². The Hall–Kier alpha value is -1.91. The van der Waals surface area contributed by atoms with Gasteiger partial charge in [-0.2, -0.15) is 0 Å². The lowest BCUT2D eigenvalue weighted by molar-refractivity contribution is -0.124. The van der Waals surface area contributed by atoms with Gasteiger partial charge in [0, 0.05) is 6.20 Å². The van der Waals surface area contributed by atoms with E-state index < -0.39 is 12.0 Å². The Labute approximate surface area is 116 Å². The Kier molecular flexibility index (Phi) is 4.14. The molecule has 0 aliphatic carbocycles. The maximum Gasteiger partial charge on any atom is 0.257 e. The lowest BCUT2D eigenvalue weighted by atomic mass is 10.1. The molecule has 0 saturated heterocycles. The lowest BCUT2D eigenvalue weighted by Crippen LogP contribution is -2.21. The number of aliphatic hydroxyl groups is 1. The molecular weight excluding hydrogens is 264 g/mol. The molecule has 2 N–H and O–H groups in total. The van der Waals surface area contributed by atoms with E-state index in [-0.39, 0.29) is 5.15 Å². The van der Waals surface area contributed by atoms with Crippen molar-refractivity contribution in [2.24, 2.45) is 0 Å². The molecule has 0 bridgehead atoms. The van der Waals surface area contributed by atoms with Gasteiger partial charge in [0.2, 0.25) is 0 Å². The zero-order chi connectivity index (χ0) is 13.8. The molecule has 1 heterocycles. The van der Waals surface area contributed by atoms with E-state index in [9.17, 15) is 9.90 Å². The van der Waals surface area contributed by atoms with Crippen LogP contribution in [0, 0.1) is 6.92 Å². The summed E-state index contributed by atoms with van der Waals surface area (Å²) in [6.45, 7) is 1.94. The summed E-state index contributed by atoms with van der Waals surface area (Å²) in [7, 11) is 0. The van der Waals surface area contributed by atoms with E-state index in [1.54, 1.807) is 24.3 Å². The maximum absolute atomic E-state index is 11.9. The lowest BCUT2D eigenvalue weighted by Gasteiger charge is -2.12. The van der Waals surface area contributed by atoms with Crippen molar-refractivity contribution in [3.8, 4) is 0 Å². The van der Waals surface area contributed by atoms with Crippen LogP contribution in [0.3, 0.4) is 0 Å². The van der Waals surface area contributed by atoms with E-state index in [1.165, 1.54) is 6.20 Å². The number of nitrogens with one attached hydrogen (secondary N) is 1. The summed E-state index contributed by atoms with van der Waals surface area (Å²) in [5, 5.41) is 12.7. The molecule has 0 fully saturated rings. The van der Waals surface area contributed by atoms with Gasteiger partial charge >= 0.3 is 0 Å². The summed E-state index contributed by atoms with van der Waals surface area (Å²) < 4.78 is 0. The molecule has 0 aliphatic heterocycles. The topological polar surface area (TPSA) is 62.2 Å². The SMILES string of the molecule is Cc1ccc(C(O)C(=O)Nc2cccnc2Cl)cc1. The third-order valence-electron chi connectivity index (χ3n) is 2.66.